The van der Waals surface area contributed by atoms with Gasteiger partial charge in [-0.25, -0.2) is 0 Å². The molecule has 0 radical (unpaired) electrons. The van der Waals surface area contributed by atoms with E-state index in [0.29, 0.717) is 35.7 Å². The zero-order valence-electron chi connectivity index (χ0n) is 23.3. The van der Waals surface area contributed by atoms with Crippen molar-refractivity contribution in [3.05, 3.63) is 125 Å². The van der Waals surface area contributed by atoms with Crippen molar-refractivity contribution in [3.8, 4) is 11.5 Å². The smallest absolute Gasteiger partial charge is 0.243 e. The molecule has 1 unspecified atom stereocenters. The van der Waals surface area contributed by atoms with Crippen LogP contribution in [0.15, 0.2) is 97.1 Å². The fourth-order valence-corrected chi connectivity index (χ4v) is 6.52. The number of rotatable bonds is 6. The minimum Gasteiger partial charge on any atom is -0.493 e. The van der Waals surface area contributed by atoms with Gasteiger partial charge in [-0.05, 0) is 56.5 Å². The second-order valence-corrected chi connectivity index (χ2v) is 11.2. The number of fused-ring (bicyclic) bond motifs is 4. The van der Waals surface area contributed by atoms with Crippen molar-refractivity contribution in [2.45, 2.75) is 51.2 Å². The summed E-state index contributed by atoms with van der Waals surface area (Å²) in [6.07, 6.45) is 0.432. The molecule has 4 aromatic rings. The first-order valence-corrected chi connectivity index (χ1v) is 13.8. The molecule has 202 valence electrons. The van der Waals surface area contributed by atoms with E-state index in [4.69, 9.17) is 9.47 Å². The minimum absolute atomic E-state index is 0.0253. The molecule has 0 aromatic heterocycles. The molecule has 1 atom stereocenters. The summed E-state index contributed by atoms with van der Waals surface area (Å²) in [4.78, 5) is 30.0. The molecule has 5 nitrogen and oxygen atoms in total. The highest BCUT2D eigenvalue weighted by Crippen LogP contribution is 2.58. The maximum atomic E-state index is 15.2. The van der Waals surface area contributed by atoms with Crippen LogP contribution in [-0.4, -0.2) is 23.9 Å². The van der Waals surface area contributed by atoms with Crippen LogP contribution in [0.1, 0.15) is 72.8 Å². The molecular weight excluding hydrogens is 498 g/mol. The van der Waals surface area contributed by atoms with Crippen LogP contribution in [-0.2, 0) is 10.2 Å². The topological polar surface area (TPSA) is 55.8 Å². The Balaban J connectivity index is 1.64. The molecule has 0 saturated heterocycles. The van der Waals surface area contributed by atoms with Crippen LogP contribution in [0.5, 0.6) is 11.5 Å². The van der Waals surface area contributed by atoms with Crippen LogP contribution >= 0.6 is 0 Å². The standard InChI is InChI=1S/C35H33NO4/c1-5-39-30-21-31-28(20-26(30)23(2)37)35(22-34(3,4)40-31)27-18-12-13-19-29(27)36(33(35)38)32(24-14-8-6-9-15-24)25-16-10-7-11-17-25/h6-21,32H,5,22H2,1-4H3. The number of benzene rings is 4. The van der Waals surface area contributed by atoms with Gasteiger partial charge in [-0.3, -0.25) is 14.5 Å². The van der Waals surface area contributed by atoms with E-state index in [0.717, 1.165) is 22.4 Å². The van der Waals surface area contributed by atoms with Crippen LogP contribution < -0.4 is 14.4 Å². The summed E-state index contributed by atoms with van der Waals surface area (Å²) >= 11 is 0. The first-order chi connectivity index (χ1) is 19.3. The van der Waals surface area contributed by atoms with Gasteiger partial charge in [-0.2, -0.15) is 0 Å². The lowest BCUT2D eigenvalue weighted by atomic mass is 9.66. The lowest BCUT2D eigenvalue weighted by molar-refractivity contribution is -0.124. The lowest BCUT2D eigenvalue weighted by Gasteiger charge is -2.44. The minimum atomic E-state index is -1.04. The number of carbonyl (C=O) groups is 2. The number of amides is 1. The molecule has 0 fully saturated rings. The zero-order valence-corrected chi connectivity index (χ0v) is 23.3. The Labute approximate surface area is 235 Å². The number of para-hydroxylation sites is 1. The van der Waals surface area contributed by atoms with Crippen molar-refractivity contribution in [2.75, 3.05) is 11.5 Å². The first kappa shape index (κ1) is 25.9. The van der Waals surface area contributed by atoms with Gasteiger partial charge in [-0.1, -0.05) is 78.9 Å². The van der Waals surface area contributed by atoms with Gasteiger partial charge in [0.15, 0.2) is 5.78 Å². The third kappa shape index (κ3) is 4.00. The number of ketones is 1. The highest BCUT2D eigenvalue weighted by atomic mass is 16.5. The number of hydrogen-bond acceptors (Lipinski definition) is 4. The Morgan fingerprint density at radius 3 is 2.10 bits per heavy atom. The predicted molar refractivity (Wildman–Crippen MR) is 156 cm³/mol. The second kappa shape index (κ2) is 9.67. The summed E-state index contributed by atoms with van der Waals surface area (Å²) in [5.74, 6) is 0.908. The fraction of sp³-hybridized carbons (Fsp3) is 0.257. The first-order valence-electron chi connectivity index (χ1n) is 13.8. The Morgan fingerprint density at radius 2 is 1.50 bits per heavy atom. The molecule has 2 aliphatic heterocycles. The number of Topliss-reactive ketones (excluding diaryl/α,β-unsaturated/α-hetero) is 1. The summed E-state index contributed by atoms with van der Waals surface area (Å²) in [5, 5.41) is 0. The van der Waals surface area contributed by atoms with Crippen molar-refractivity contribution >= 4 is 17.4 Å². The van der Waals surface area contributed by atoms with Crippen LogP contribution in [0, 0.1) is 0 Å². The highest BCUT2D eigenvalue weighted by molar-refractivity contribution is 6.12. The van der Waals surface area contributed by atoms with E-state index in [-0.39, 0.29) is 17.7 Å². The summed E-state index contributed by atoms with van der Waals surface area (Å²) in [7, 11) is 0. The van der Waals surface area contributed by atoms with Crippen molar-refractivity contribution in [2.24, 2.45) is 0 Å². The molecule has 0 saturated carbocycles. The maximum Gasteiger partial charge on any atom is 0.243 e. The average molecular weight is 532 g/mol. The number of carbonyl (C=O) groups excluding carboxylic acids is 2. The van der Waals surface area contributed by atoms with E-state index in [2.05, 4.69) is 30.3 Å². The van der Waals surface area contributed by atoms with Crippen LogP contribution in [0.2, 0.25) is 0 Å². The van der Waals surface area contributed by atoms with Gasteiger partial charge in [-0.15, -0.1) is 0 Å². The molecule has 2 aliphatic rings. The Morgan fingerprint density at radius 1 is 0.900 bits per heavy atom. The molecule has 0 aliphatic carbocycles. The van der Waals surface area contributed by atoms with Crippen molar-refractivity contribution in [1.82, 2.24) is 0 Å². The van der Waals surface area contributed by atoms with Gasteiger partial charge in [0.05, 0.1) is 18.2 Å². The number of anilines is 1. The number of ether oxygens (including phenoxy) is 2. The molecule has 1 spiro atoms. The number of hydrogen-bond donors (Lipinski definition) is 0. The molecule has 4 aromatic carbocycles. The average Bonchev–Trinajstić information content (AvgIpc) is 3.17. The molecule has 0 bridgehead atoms. The van der Waals surface area contributed by atoms with Crippen molar-refractivity contribution < 1.29 is 19.1 Å². The lowest BCUT2D eigenvalue weighted by Crippen LogP contribution is -2.51. The van der Waals surface area contributed by atoms with Crippen molar-refractivity contribution in [1.29, 1.82) is 0 Å². The summed E-state index contributed by atoms with van der Waals surface area (Å²) < 4.78 is 12.4. The molecule has 0 N–H and O–H groups in total. The molecule has 6 rings (SSSR count). The van der Waals surface area contributed by atoms with Gasteiger partial charge in [0.1, 0.15) is 22.5 Å². The summed E-state index contributed by atoms with van der Waals surface area (Å²) in [6.45, 7) is 7.86. The predicted octanol–water partition coefficient (Wildman–Crippen LogP) is 7.27. The van der Waals surface area contributed by atoms with Crippen molar-refractivity contribution in [3.63, 3.8) is 0 Å². The van der Waals surface area contributed by atoms with Crippen LogP contribution in [0.4, 0.5) is 5.69 Å². The molecule has 5 heteroatoms. The van der Waals surface area contributed by atoms with E-state index in [1.54, 1.807) is 6.07 Å². The highest BCUT2D eigenvalue weighted by Gasteiger charge is 2.59. The van der Waals surface area contributed by atoms with E-state index in [1.807, 2.05) is 86.3 Å². The van der Waals surface area contributed by atoms with E-state index in [1.165, 1.54) is 6.92 Å². The monoisotopic (exact) mass is 531 g/mol. The SMILES string of the molecule is CCOc1cc2c(cc1C(C)=O)C1(CC(C)(C)O2)C(=O)N(C(c2ccccc2)c2ccccc2)c2ccccc21. The quantitative estimate of drug-likeness (QED) is 0.246. The van der Waals surface area contributed by atoms with E-state index >= 15 is 4.79 Å². The van der Waals surface area contributed by atoms with Gasteiger partial charge in [0, 0.05) is 23.7 Å². The third-order valence-corrected chi connectivity index (χ3v) is 7.99. The van der Waals surface area contributed by atoms with Gasteiger partial charge < -0.3 is 9.47 Å². The van der Waals surface area contributed by atoms with E-state index < -0.39 is 11.0 Å². The van der Waals surface area contributed by atoms with E-state index in [9.17, 15) is 4.79 Å². The fourth-order valence-electron chi connectivity index (χ4n) is 6.52. The van der Waals surface area contributed by atoms with Crippen LogP contribution in [0.3, 0.4) is 0 Å². The van der Waals surface area contributed by atoms with Gasteiger partial charge >= 0.3 is 0 Å². The Hall–Kier alpha value is -4.38. The zero-order chi connectivity index (χ0) is 28.1. The Bertz CT molecular complexity index is 1560. The molecule has 1 amide bonds. The third-order valence-electron chi connectivity index (χ3n) is 7.99. The van der Waals surface area contributed by atoms with Gasteiger partial charge in [0.25, 0.3) is 0 Å². The Kier molecular flexibility index (Phi) is 6.25. The molecule has 2 heterocycles. The second-order valence-electron chi connectivity index (χ2n) is 11.2. The maximum absolute atomic E-state index is 15.2. The molecular formula is C35H33NO4. The normalized spacial score (nSPS) is 18.8. The van der Waals surface area contributed by atoms with Gasteiger partial charge in [0.2, 0.25) is 5.91 Å². The largest absolute Gasteiger partial charge is 0.493 e. The van der Waals surface area contributed by atoms with Crippen LogP contribution in [0.25, 0.3) is 0 Å². The summed E-state index contributed by atoms with van der Waals surface area (Å²) in [6, 6.07) is 31.6. The summed E-state index contributed by atoms with van der Waals surface area (Å²) in [5.41, 5.74) is 3.32. The molecule has 40 heavy (non-hydrogen) atoms. The number of nitrogens with zero attached hydrogens (tertiary/aromatic N) is 1.